The van der Waals surface area contributed by atoms with Crippen molar-refractivity contribution in [3.63, 3.8) is 0 Å². The summed E-state index contributed by atoms with van der Waals surface area (Å²) in [6, 6.07) is 9.99. The van der Waals surface area contributed by atoms with E-state index < -0.39 is 23.6 Å². The predicted octanol–water partition coefficient (Wildman–Crippen LogP) is 3.35. The number of aromatic nitrogens is 3. The van der Waals surface area contributed by atoms with E-state index in [1.807, 2.05) is 37.3 Å². The average Bonchev–Trinajstić information content (AvgIpc) is 3.26. The summed E-state index contributed by atoms with van der Waals surface area (Å²) >= 11 is 6.07. The summed E-state index contributed by atoms with van der Waals surface area (Å²) in [5.41, 5.74) is 6.89. The van der Waals surface area contributed by atoms with Gasteiger partial charge in [0.05, 0.1) is 22.3 Å². The minimum atomic E-state index is -1.09. The largest absolute Gasteiger partial charge is 0.363 e. The van der Waals surface area contributed by atoms with E-state index in [1.165, 1.54) is 12.3 Å². The van der Waals surface area contributed by atoms with E-state index in [0.717, 1.165) is 12.0 Å². The molecule has 0 saturated carbocycles. The van der Waals surface area contributed by atoms with Gasteiger partial charge in [0.15, 0.2) is 5.82 Å². The Bertz CT molecular complexity index is 1100. The molecule has 1 unspecified atom stereocenters. The van der Waals surface area contributed by atoms with Crippen molar-refractivity contribution in [2.45, 2.75) is 32.2 Å². The van der Waals surface area contributed by atoms with Gasteiger partial charge >= 0.3 is 0 Å². The molecule has 2 aromatic heterocycles. The summed E-state index contributed by atoms with van der Waals surface area (Å²) in [7, 11) is 0. The molecule has 0 radical (unpaired) electrons. The van der Waals surface area contributed by atoms with Crippen LogP contribution in [0.4, 0.5) is 0 Å². The van der Waals surface area contributed by atoms with Crippen molar-refractivity contribution in [2.24, 2.45) is 5.73 Å². The van der Waals surface area contributed by atoms with E-state index in [2.05, 4.69) is 15.3 Å². The van der Waals surface area contributed by atoms with Gasteiger partial charge in [-0.2, -0.15) is 0 Å². The lowest BCUT2D eigenvalue weighted by Crippen LogP contribution is -2.46. The molecule has 168 valence electrons. The number of carbonyl (C=O) groups excluding carboxylic acids is 3. The molecule has 32 heavy (non-hydrogen) atoms. The van der Waals surface area contributed by atoms with Gasteiger partial charge in [-0.25, -0.2) is 9.97 Å². The number of hydrogen-bond donors (Lipinski definition) is 2. The Balaban J connectivity index is 0.00000363. The molecule has 0 aliphatic heterocycles. The van der Waals surface area contributed by atoms with E-state index in [0.29, 0.717) is 18.5 Å². The predicted molar refractivity (Wildman–Crippen MR) is 124 cm³/mol. The SMILES string of the molecule is CCCCC(NC(=O)c1cc(Cl)cnc1-n1cnc(-c2ccccc2)c1)C(=O)C(N)=O.Cl. The molecular weight excluding hydrogens is 453 g/mol. The van der Waals surface area contributed by atoms with Crippen LogP contribution in [0.1, 0.15) is 36.5 Å². The van der Waals surface area contributed by atoms with Crippen LogP contribution in [0.3, 0.4) is 0 Å². The molecular formula is C22H23Cl2N5O3. The number of carbonyl (C=O) groups is 3. The number of hydrogen-bond acceptors (Lipinski definition) is 5. The molecule has 1 atom stereocenters. The van der Waals surface area contributed by atoms with Crippen LogP contribution in [-0.2, 0) is 9.59 Å². The first-order chi connectivity index (χ1) is 14.9. The smallest absolute Gasteiger partial charge is 0.287 e. The lowest BCUT2D eigenvalue weighted by atomic mass is 10.0. The summed E-state index contributed by atoms with van der Waals surface area (Å²) in [4.78, 5) is 45.2. The van der Waals surface area contributed by atoms with E-state index in [4.69, 9.17) is 17.3 Å². The summed E-state index contributed by atoms with van der Waals surface area (Å²) in [5, 5.41) is 2.86. The molecule has 3 aromatic rings. The first-order valence-electron chi connectivity index (χ1n) is 9.80. The minimum Gasteiger partial charge on any atom is -0.363 e. The molecule has 3 N–H and O–H groups in total. The number of halogens is 2. The van der Waals surface area contributed by atoms with Gasteiger partial charge in [0, 0.05) is 18.0 Å². The molecule has 1 aromatic carbocycles. The number of nitrogens with zero attached hydrogens (tertiary/aromatic N) is 3. The van der Waals surface area contributed by atoms with Crippen molar-refractivity contribution in [3.05, 3.63) is 65.7 Å². The molecule has 2 heterocycles. The Hall–Kier alpha value is -3.23. The monoisotopic (exact) mass is 475 g/mol. The topological polar surface area (TPSA) is 120 Å². The Kier molecular flexibility index (Phi) is 8.92. The van der Waals surface area contributed by atoms with Crippen molar-refractivity contribution < 1.29 is 14.4 Å². The summed E-state index contributed by atoms with van der Waals surface area (Å²) in [6.45, 7) is 1.94. The summed E-state index contributed by atoms with van der Waals surface area (Å²) < 4.78 is 1.60. The fourth-order valence-electron chi connectivity index (χ4n) is 3.09. The van der Waals surface area contributed by atoms with E-state index in [-0.39, 0.29) is 28.8 Å². The van der Waals surface area contributed by atoms with Crippen molar-refractivity contribution in [3.8, 4) is 17.1 Å². The highest BCUT2D eigenvalue weighted by atomic mass is 35.5. The maximum Gasteiger partial charge on any atom is 0.287 e. The highest BCUT2D eigenvalue weighted by Crippen LogP contribution is 2.21. The first kappa shape index (κ1) is 25.0. The standard InChI is InChI=1S/C22H22ClN5O3.ClH/c1-2-3-9-17(19(29)20(24)30)27-22(31)16-10-15(23)11-25-21(16)28-12-18(26-13-28)14-7-5-4-6-8-14;/h4-8,10-13,17H,2-3,9H2,1H3,(H2,24,30)(H,27,31);1H. The van der Waals surface area contributed by atoms with Gasteiger partial charge < -0.3 is 11.1 Å². The molecule has 2 amide bonds. The molecule has 0 fully saturated rings. The Morgan fingerprint density at radius 3 is 2.56 bits per heavy atom. The third kappa shape index (κ3) is 5.93. The number of amides is 2. The fraction of sp³-hybridized carbons (Fsp3) is 0.227. The molecule has 0 spiro atoms. The highest BCUT2D eigenvalue weighted by Gasteiger charge is 2.26. The number of nitrogens with two attached hydrogens (primary N) is 1. The zero-order valence-corrected chi connectivity index (χ0v) is 18.9. The van der Waals surface area contributed by atoms with E-state index in [1.54, 1.807) is 17.1 Å². The number of primary amides is 1. The van der Waals surface area contributed by atoms with Crippen LogP contribution in [0, 0.1) is 0 Å². The maximum absolute atomic E-state index is 13.0. The van der Waals surface area contributed by atoms with Crippen molar-refractivity contribution in [2.75, 3.05) is 0 Å². The first-order valence-corrected chi connectivity index (χ1v) is 10.2. The van der Waals surface area contributed by atoms with Crippen LogP contribution in [0.2, 0.25) is 5.02 Å². The van der Waals surface area contributed by atoms with Gasteiger partial charge in [-0.05, 0) is 12.5 Å². The molecule has 3 rings (SSSR count). The zero-order chi connectivity index (χ0) is 22.4. The summed E-state index contributed by atoms with van der Waals surface area (Å²) in [6.07, 6.45) is 6.44. The van der Waals surface area contributed by atoms with Gasteiger partial charge in [0.1, 0.15) is 6.33 Å². The van der Waals surface area contributed by atoms with Gasteiger partial charge in [-0.3, -0.25) is 19.0 Å². The number of imidazole rings is 1. The number of unbranched alkanes of at least 4 members (excludes halogenated alkanes) is 1. The minimum absolute atomic E-state index is 0. The van der Waals surface area contributed by atoms with Crippen molar-refractivity contribution in [1.82, 2.24) is 19.9 Å². The number of pyridine rings is 1. The van der Waals surface area contributed by atoms with Crippen molar-refractivity contribution in [1.29, 1.82) is 0 Å². The second kappa shape index (κ2) is 11.4. The Morgan fingerprint density at radius 1 is 1.19 bits per heavy atom. The van der Waals surface area contributed by atoms with Gasteiger partial charge in [-0.15, -0.1) is 12.4 Å². The second-order valence-electron chi connectivity index (χ2n) is 6.95. The Morgan fingerprint density at radius 2 is 1.91 bits per heavy atom. The maximum atomic E-state index is 13.0. The lowest BCUT2D eigenvalue weighted by Gasteiger charge is -2.17. The number of rotatable bonds is 9. The molecule has 8 nitrogen and oxygen atoms in total. The molecule has 0 aliphatic rings. The lowest BCUT2D eigenvalue weighted by molar-refractivity contribution is -0.137. The molecule has 0 saturated heterocycles. The van der Waals surface area contributed by atoms with Crippen molar-refractivity contribution >= 4 is 41.6 Å². The Labute approximate surface area is 196 Å². The normalized spacial score (nSPS) is 11.3. The fourth-order valence-corrected chi connectivity index (χ4v) is 3.24. The third-order valence-corrected chi connectivity index (χ3v) is 4.89. The molecule has 0 aliphatic carbocycles. The van der Waals surface area contributed by atoms with Crippen LogP contribution >= 0.6 is 24.0 Å². The van der Waals surface area contributed by atoms with Crippen LogP contribution in [-0.4, -0.2) is 38.2 Å². The van der Waals surface area contributed by atoms with Gasteiger partial charge in [-0.1, -0.05) is 61.7 Å². The number of benzene rings is 1. The van der Waals surface area contributed by atoms with Crippen LogP contribution < -0.4 is 11.1 Å². The second-order valence-corrected chi connectivity index (χ2v) is 7.39. The number of Topliss-reactive ketones (excluding diaryl/α,β-unsaturated/α-hetero) is 1. The van der Waals surface area contributed by atoms with Crippen LogP contribution in [0.5, 0.6) is 0 Å². The van der Waals surface area contributed by atoms with E-state index >= 15 is 0 Å². The van der Waals surface area contributed by atoms with Crippen LogP contribution in [0.15, 0.2) is 55.1 Å². The van der Waals surface area contributed by atoms with Gasteiger partial charge in [0.25, 0.3) is 11.8 Å². The number of ketones is 1. The summed E-state index contributed by atoms with van der Waals surface area (Å²) in [5.74, 6) is -2.23. The molecule has 0 bridgehead atoms. The molecule has 10 heteroatoms. The average molecular weight is 476 g/mol. The number of nitrogens with one attached hydrogen (secondary N) is 1. The zero-order valence-electron chi connectivity index (χ0n) is 17.3. The van der Waals surface area contributed by atoms with Crippen LogP contribution in [0.25, 0.3) is 17.1 Å². The highest BCUT2D eigenvalue weighted by molar-refractivity contribution is 6.38. The van der Waals surface area contributed by atoms with Gasteiger partial charge in [0.2, 0.25) is 5.78 Å². The third-order valence-electron chi connectivity index (χ3n) is 4.69. The quantitative estimate of drug-likeness (QED) is 0.459. The van der Waals surface area contributed by atoms with E-state index in [9.17, 15) is 14.4 Å².